The number of hydrogen-bond donors (Lipinski definition) is 2. The number of amides is 1. The number of para-hydroxylation sites is 1. The van der Waals surface area contributed by atoms with E-state index in [9.17, 15) is 4.79 Å². The van der Waals surface area contributed by atoms with Gasteiger partial charge in [-0.1, -0.05) is 18.2 Å². The second-order valence-electron chi connectivity index (χ2n) is 4.73. The smallest absolute Gasteiger partial charge is 0.238 e. The van der Waals surface area contributed by atoms with Crippen molar-refractivity contribution in [3.05, 3.63) is 29.8 Å². The SMILES string of the molecule is COc1ccccc1CNC(=O)C1CNCCN1C. The lowest BCUT2D eigenvalue weighted by atomic mass is 10.1. The fourth-order valence-electron chi connectivity index (χ4n) is 2.25. The minimum absolute atomic E-state index is 0.0561. The topological polar surface area (TPSA) is 53.6 Å². The second-order valence-corrected chi connectivity index (χ2v) is 4.73. The first-order chi connectivity index (χ1) is 9.22. The predicted molar refractivity (Wildman–Crippen MR) is 74.1 cm³/mol. The molecule has 5 nitrogen and oxygen atoms in total. The average molecular weight is 263 g/mol. The van der Waals surface area contributed by atoms with Crippen LogP contribution in [0.1, 0.15) is 5.56 Å². The molecule has 1 unspecified atom stereocenters. The van der Waals surface area contributed by atoms with Crippen molar-refractivity contribution in [3.63, 3.8) is 0 Å². The molecule has 0 aliphatic carbocycles. The average Bonchev–Trinajstić information content (AvgIpc) is 2.45. The highest BCUT2D eigenvalue weighted by atomic mass is 16.5. The molecule has 1 aliphatic rings. The standard InChI is InChI=1S/C14H21N3O2/c1-17-8-7-15-10-12(17)14(18)16-9-11-5-3-4-6-13(11)19-2/h3-6,12,15H,7-10H2,1-2H3,(H,16,18). The molecule has 0 saturated carbocycles. The number of carbonyl (C=O) groups excluding carboxylic acids is 1. The second kappa shape index (κ2) is 6.54. The van der Waals surface area contributed by atoms with Gasteiger partial charge in [0.25, 0.3) is 0 Å². The highest BCUT2D eigenvalue weighted by Crippen LogP contribution is 2.16. The summed E-state index contributed by atoms with van der Waals surface area (Å²) in [6.45, 7) is 3.03. The molecule has 0 bridgehead atoms. The summed E-state index contributed by atoms with van der Waals surface area (Å²) in [6.07, 6.45) is 0. The molecule has 1 heterocycles. The van der Waals surface area contributed by atoms with Crippen molar-refractivity contribution < 1.29 is 9.53 Å². The van der Waals surface area contributed by atoms with Crippen molar-refractivity contribution in [3.8, 4) is 5.75 Å². The minimum atomic E-state index is -0.0940. The van der Waals surface area contributed by atoms with Crippen molar-refractivity contribution in [1.82, 2.24) is 15.5 Å². The monoisotopic (exact) mass is 263 g/mol. The van der Waals surface area contributed by atoms with Gasteiger partial charge in [0, 0.05) is 31.7 Å². The Labute approximate surface area is 113 Å². The molecule has 0 spiro atoms. The molecule has 1 saturated heterocycles. The zero-order chi connectivity index (χ0) is 13.7. The van der Waals surface area contributed by atoms with Crippen molar-refractivity contribution in [2.24, 2.45) is 0 Å². The molecule has 1 aromatic rings. The molecule has 1 amide bonds. The van der Waals surface area contributed by atoms with Gasteiger partial charge in [-0.25, -0.2) is 0 Å². The Kier molecular flexibility index (Phi) is 4.76. The molecule has 2 N–H and O–H groups in total. The van der Waals surface area contributed by atoms with Crippen LogP contribution in [0.3, 0.4) is 0 Å². The highest BCUT2D eigenvalue weighted by Gasteiger charge is 2.25. The number of benzene rings is 1. The van der Waals surface area contributed by atoms with Crippen LogP contribution in [-0.2, 0) is 11.3 Å². The maximum Gasteiger partial charge on any atom is 0.238 e. The molecule has 1 fully saturated rings. The summed E-state index contributed by atoms with van der Waals surface area (Å²) in [6, 6.07) is 7.63. The van der Waals surface area contributed by atoms with Gasteiger partial charge in [0.05, 0.1) is 7.11 Å². The van der Waals surface area contributed by atoms with E-state index in [4.69, 9.17) is 4.74 Å². The van der Waals surface area contributed by atoms with E-state index in [2.05, 4.69) is 15.5 Å². The fraction of sp³-hybridized carbons (Fsp3) is 0.500. The Bertz CT molecular complexity index is 436. The highest BCUT2D eigenvalue weighted by molar-refractivity contribution is 5.82. The molecule has 19 heavy (non-hydrogen) atoms. The van der Waals surface area contributed by atoms with Crippen LogP contribution in [-0.4, -0.2) is 50.6 Å². The number of carbonyl (C=O) groups is 1. The van der Waals surface area contributed by atoms with Gasteiger partial charge >= 0.3 is 0 Å². The third-order valence-corrected chi connectivity index (χ3v) is 3.46. The predicted octanol–water partition coefficient (Wildman–Crippen LogP) is 0.215. The first-order valence-corrected chi connectivity index (χ1v) is 6.53. The van der Waals surface area contributed by atoms with Crippen LogP contribution in [0.25, 0.3) is 0 Å². The first kappa shape index (κ1) is 13.8. The van der Waals surface area contributed by atoms with Gasteiger partial charge in [-0.15, -0.1) is 0 Å². The number of nitrogens with zero attached hydrogens (tertiary/aromatic N) is 1. The Hall–Kier alpha value is -1.59. The Balaban J connectivity index is 1.92. The molecule has 0 radical (unpaired) electrons. The number of likely N-dealkylation sites (N-methyl/N-ethyl adjacent to an activating group) is 1. The first-order valence-electron chi connectivity index (χ1n) is 6.53. The summed E-state index contributed by atoms with van der Waals surface area (Å²) in [4.78, 5) is 14.2. The van der Waals surface area contributed by atoms with Crippen LogP contribution >= 0.6 is 0 Å². The lowest BCUT2D eigenvalue weighted by Gasteiger charge is -2.31. The summed E-state index contributed by atoms with van der Waals surface area (Å²) in [5.74, 6) is 0.860. The lowest BCUT2D eigenvalue weighted by Crippen LogP contribution is -2.56. The molecule has 5 heteroatoms. The molecule has 2 rings (SSSR count). The third-order valence-electron chi connectivity index (χ3n) is 3.46. The van der Waals surface area contributed by atoms with Gasteiger partial charge in [-0.3, -0.25) is 9.69 Å². The molecular weight excluding hydrogens is 242 g/mol. The number of nitrogens with one attached hydrogen (secondary N) is 2. The maximum absolute atomic E-state index is 12.1. The van der Waals surface area contributed by atoms with Gasteiger partial charge in [0.1, 0.15) is 11.8 Å². The van der Waals surface area contributed by atoms with E-state index < -0.39 is 0 Å². The van der Waals surface area contributed by atoms with Gasteiger partial charge in [0.15, 0.2) is 0 Å². The molecule has 104 valence electrons. The van der Waals surface area contributed by atoms with Crippen molar-refractivity contribution in [2.45, 2.75) is 12.6 Å². The zero-order valence-corrected chi connectivity index (χ0v) is 11.5. The zero-order valence-electron chi connectivity index (χ0n) is 11.5. The Morgan fingerprint density at radius 3 is 3.05 bits per heavy atom. The minimum Gasteiger partial charge on any atom is -0.496 e. The Morgan fingerprint density at radius 1 is 1.53 bits per heavy atom. The van der Waals surface area contributed by atoms with E-state index >= 15 is 0 Å². The van der Waals surface area contributed by atoms with Crippen molar-refractivity contribution >= 4 is 5.91 Å². The van der Waals surface area contributed by atoms with Crippen LogP contribution in [0.2, 0.25) is 0 Å². The largest absolute Gasteiger partial charge is 0.496 e. The Morgan fingerprint density at radius 2 is 2.32 bits per heavy atom. The lowest BCUT2D eigenvalue weighted by molar-refractivity contribution is -0.126. The van der Waals surface area contributed by atoms with Gasteiger partial charge < -0.3 is 15.4 Å². The summed E-state index contributed by atoms with van der Waals surface area (Å²) in [5.41, 5.74) is 0.991. The maximum atomic E-state index is 12.1. The van der Waals surface area contributed by atoms with Crippen LogP contribution in [0.4, 0.5) is 0 Å². The number of piperazine rings is 1. The van der Waals surface area contributed by atoms with Gasteiger partial charge in [-0.2, -0.15) is 0 Å². The molecule has 1 aliphatic heterocycles. The van der Waals surface area contributed by atoms with E-state index in [0.717, 1.165) is 24.4 Å². The summed E-state index contributed by atoms with van der Waals surface area (Å²) >= 11 is 0. The van der Waals surface area contributed by atoms with E-state index in [-0.39, 0.29) is 11.9 Å². The van der Waals surface area contributed by atoms with Crippen molar-refractivity contribution in [2.75, 3.05) is 33.8 Å². The third kappa shape index (κ3) is 3.45. The van der Waals surface area contributed by atoms with Crippen LogP contribution in [0.5, 0.6) is 5.75 Å². The van der Waals surface area contributed by atoms with E-state index in [0.29, 0.717) is 13.1 Å². The van der Waals surface area contributed by atoms with Crippen LogP contribution in [0, 0.1) is 0 Å². The van der Waals surface area contributed by atoms with E-state index in [1.165, 1.54) is 0 Å². The summed E-state index contributed by atoms with van der Waals surface area (Å²) in [7, 11) is 3.62. The number of rotatable bonds is 4. The molecular formula is C14H21N3O2. The van der Waals surface area contributed by atoms with Gasteiger partial charge in [0.2, 0.25) is 5.91 Å². The number of hydrogen-bond acceptors (Lipinski definition) is 4. The van der Waals surface area contributed by atoms with Crippen LogP contribution < -0.4 is 15.4 Å². The summed E-state index contributed by atoms with van der Waals surface area (Å²) < 4.78 is 5.27. The van der Waals surface area contributed by atoms with Crippen LogP contribution in [0.15, 0.2) is 24.3 Å². The fourth-order valence-corrected chi connectivity index (χ4v) is 2.25. The van der Waals surface area contributed by atoms with Crippen molar-refractivity contribution in [1.29, 1.82) is 0 Å². The summed E-state index contributed by atoms with van der Waals surface area (Å²) in [5, 5.41) is 6.21. The van der Waals surface area contributed by atoms with E-state index in [1.807, 2.05) is 31.3 Å². The van der Waals surface area contributed by atoms with E-state index in [1.54, 1.807) is 7.11 Å². The molecule has 1 aromatic carbocycles. The molecule has 0 aromatic heterocycles. The molecule has 1 atom stereocenters. The van der Waals surface area contributed by atoms with Gasteiger partial charge in [-0.05, 0) is 13.1 Å². The normalized spacial score (nSPS) is 20.0. The quantitative estimate of drug-likeness (QED) is 0.816. The number of ether oxygens (including phenoxy) is 1. The number of methoxy groups -OCH3 is 1.